The first-order valence-electron chi connectivity index (χ1n) is 1.96. The van der Waals surface area contributed by atoms with E-state index in [9.17, 15) is 0 Å². The van der Waals surface area contributed by atoms with E-state index in [1.54, 1.807) is 6.08 Å². The third-order valence-electron chi connectivity index (χ3n) is 0.636. The topological polar surface area (TPSA) is 23.8 Å². The zero-order valence-corrected chi connectivity index (χ0v) is 5.70. The summed E-state index contributed by atoms with van der Waals surface area (Å²) in [5.41, 5.74) is 0.778. The van der Waals surface area contributed by atoms with Crippen LogP contribution in [0.5, 0.6) is 0 Å². The van der Waals surface area contributed by atoms with Crippen molar-refractivity contribution in [3.63, 3.8) is 0 Å². The smallest absolute Gasteiger partial charge is 0.0952 e. The molecule has 0 atom stereocenters. The molecule has 0 saturated heterocycles. The molecule has 0 bridgehead atoms. The molecule has 0 aliphatic carbocycles. The number of nitrogens with zero attached hydrogens (tertiary/aromatic N) is 1. The van der Waals surface area contributed by atoms with E-state index in [2.05, 4.69) is 15.9 Å². The molecule has 0 aliphatic heterocycles. The summed E-state index contributed by atoms with van der Waals surface area (Å²) in [4.78, 5) is 0. The van der Waals surface area contributed by atoms with E-state index in [1.165, 1.54) is 0 Å². The molecule has 0 rings (SSSR count). The fourth-order valence-corrected chi connectivity index (χ4v) is 0.621. The second-order valence-electron chi connectivity index (χ2n) is 1.06. The Kier molecular flexibility index (Phi) is 3.72. The van der Waals surface area contributed by atoms with Crippen molar-refractivity contribution < 1.29 is 0 Å². The van der Waals surface area contributed by atoms with E-state index in [1.807, 2.05) is 13.0 Å². The SMILES string of the molecule is C/C=C(/C#N)CBr. The molecule has 7 heavy (non-hydrogen) atoms. The molecule has 38 valence electrons. The van der Waals surface area contributed by atoms with Crippen LogP contribution in [-0.2, 0) is 0 Å². The molecule has 0 unspecified atom stereocenters. The van der Waals surface area contributed by atoms with E-state index >= 15 is 0 Å². The van der Waals surface area contributed by atoms with Crippen LogP contribution >= 0.6 is 15.9 Å². The van der Waals surface area contributed by atoms with Gasteiger partial charge in [-0.3, -0.25) is 0 Å². The van der Waals surface area contributed by atoms with Crippen LogP contribution in [0.2, 0.25) is 0 Å². The van der Waals surface area contributed by atoms with Gasteiger partial charge in [-0.05, 0) is 6.92 Å². The first-order chi connectivity index (χ1) is 3.35. The molecule has 0 aromatic carbocycles. The highest BCUT2D eigenvalue weighted by Crippen LogP contribution is 1.94. The van der Waals surface area contributed by atoms with Gasteiger partial charge in [0.2, 0.25) is 0 Å². The van der Waals surface area contributed by atoms with Crippen molar-refractivity contribution in [1.82, 2.24) is 0 Å². The highest BCUT2D eigenvalue weighted by Gasteiger charge is 1.83. The molecule has 0 heterocycles. The van der Waals surface area contributed by atoms with E-state index in [4.69, 9.17) is 5.26 Å². The number of hydrogen-bond donors (Lipinski definition) is 0. The lowest BCUT2D eigenvalue weighted by atomic mass is 10.3. The largest absolute Gasteiger partial charge is 0.193 e. The van der Waals surface area contributed by atoms with Gasteiger partial charge in [0, 0.05) is 10.9 Å². The molecular formula is C5H6BrN. The summed E-state index contributed by atoms with van der Waals surface area (Å²) < 4.78 is 0. The van der Waals surface area contributed by atoms with E-state index < -0.39 is 0 Å². The summed E-state index contributed by atoms with van der Waals surface area (Å²) in [6.45, 7) is 1.85. The summed E-state index contributed by atoms with van der Waals surface area (Å²) in [5, 5.41) is 8.84. The second-order valence-corrected chi connectivity index (χ2v) is 1.62. The standard InChI is InChI=1S/C5H6BrN/c1-2-5(3-6)4-7/h2H,3H2,1H3/b5-2+. The summed E-state index contributed by atoms with van der Waals surface area (Å²) in [6, 6.07) is 2.02. The minimum atomic E-state index is 0.667. The Bertz CT molecular complexity index is 110. The van der Waals surface area contributed by atoms with Crippen LogP contribution in [0.3, 0.4) is 0 Å². The maximum Gasteiger partial charge on any atom is 0.0952 e. The van der Waals surface area contributed by atoms with Gasteiger partial charge in [0.1, 0.15) is 0 Å². The van der Waals surface area contributed by atoms with Crippen LogP contribution in [0.1, 0.15) is 6.92 Å². The predicted molar refractivity (Wildman–Crippen MR) is 33.2 cm³/mol. The molecule has 2 heteroatoms. The predicted octanol–water partition coefficient (Wildman–Crippen LogP) is 1.85. The highest BCUT2D eigenvalue weighted by atomic mass is 79.9. The van der Waals surface area contributed by atoms with Crippen LogP contribution < -0.4 is 0 Å². The minimum absolute atomic E-state index is 0.667. The summed E-state index contributed by atoms with van der Waals surface area (Å²) in [5.74, 6) is 0. The third-order valence-corrected chi connectivity index (χ3v) is 1.24. The van der Waals surface area contributed by atoms with Gasteiger partial charge in [0.25, 0.3) is 0 Å². The first-order valence-corrected chi connectivity index (χ1v) is 3.08. The Morgan fingerprint density at radius 2 is 2.57 bits per heavy atom. The average molecular weight is 160 g/mol. The zero-order valence-electron chi connectivity index (χ0n) is 4.11. The molecular weight excluding hydrogens is 154 g/mol. The number of hydrogen-bond acceptors (Lipinski definition) is 1. The van der Waals surface area contributed by atoms with Crippen molar-refractivity contribution in [3.8, 4) is 6.07 Å². The Hall–Kier alpha value is -0.290. The molecule has 0 N–H and O–H groups in total. The molecule has 0 saturated carbocycles. The van der Waals surface area contributed by atoms with Crippen molar-refractivity contribution in [2.24, 2.45) is 0 Å². The fourth-order valence-electron chi connectivity index (χ4n) is 0.172. The zero-order chi connectivity index (χ0) is 5.70. The quantitative estimate of drug-likeness (QED) is 0.424. The highest BCUT2D eigenvalue weighted by molar-refractivity contribution is 9.09. The fraction of sp³-hybridized carbons (Fsp3) is 0.400. The average Bonchev–Trinajstić information content (AvgIpc) is 1.72. The monoisotopic (exact) mass is 159 g/mol. The van der Waals surface area contributed by atoms with Crippen LogP contribution in [0.4, 0.5) is 0 Å². The summed E-state index contributed by atoms with van der Waals surface area (Å²) in [7, 11) is 0. The lowest BCUT2D eigenvalue weighted by Crippen LogP contribution is -1.73. The van der Waals surface area contributed by atoms with Crippen LogP contribution in [0.15, 0.2) is 11.6 Å². The van der Waals surface area contributed by atoms with Crippen LogP contribution in [0.25, 0.3) is 0 Å². The Morgan fingerprint density at radius 1 is 2.00 bits per heavy atom. The molecule has 0 radical (unpaired) electrons. The molecule has 0 fully saturated rings. The van der Waals surface area contributed by atoms with Gasteiger partial charge in [-0.15, -0.1) is 0 Å². The van der Waals surface area contributed by atoms with Gasteiger partial charge in [0.05, 0.1) is 6.07 Å². The maximum atomic E-state index is 8.18. The Balaban J connectivity index is 3.68. The molecule has 0 aromatic rings. The van der Waals surface area contributed by atoms with Gasteiger partial charge >= 0.3 is 0 Å². The van der Waals surface area contributed by atoms with Gasteiger partial charge in [-0.25, -0.2) is 0 Å². The van der Waals surface area contributed by atoms with E-state index in [0.717, 1.165) is 5.57 Å². The molecule has 0 amide bonds. The van der Waals surface area contributed by atoms with E-state index in [0.29, 0.717) is 5.33 Å². The molecule has 0 spiro atoms. The van der Waals surface area contributed by atoms with Gasteiger partial charge in [-0.2, -0.15) is 5.26 Å². The van der Waals surface area contributed by atoms with Crippen molar-refractivity contribution in [3.05, 3.63) is 11.6 Å². The second kappa shape index (κ2) is 3.89. The maximum absolute atomic E-state index is 8.18. The van der Waals surface area contributed by atoms with Crippen molar-refractivity contribution in [2.75, 3.05) is 5.33 Å². The Labute approximate surface area is 51.8 Å². The van der Waals surface area contributed by atoms with Crippen LogP contribution in [-0.4, -0.2) is 5.33 Å². The Morgan fingerprint density at radius 3 is 2.57 bits per heavy atom. The number of rotatable bonds is 1. The minimum Gasteiger partial charge on any atom is -0.193 e. The third kappa shape index (κ3) is 2.41. The van der Waals surface area contributed by atoms with Gasteiger partial charge < -0.3 is 0 Å². The van der Waals surface area contributed by atoms with Crippen molar-refractivity contribution in [2.45, 2.75) is 6.92 Å². The van der Waals surface area contributed by atoms with Crippen molar-refractivity contribution in [1.29, 1.82) is 5.26 Å². The number of nitriles is 1. The van der Waals surface area contributed by atoms with Crippen molar-refractivity contribution >= 4 is 15.9 Å². The summed E-state index contributed by atoms with van der Waals surface area (Å²) >= 11 is 3.15. The molecule has 1 nitrogen and oxygen atoms in total. The molecule has 0 aromatic heterocycles. The number of alkyl halides is 1. The number of halogens is 1. The lowest BCUT2D eigenvalue weighted by molar-refractivity contribution is 1.44. The van der Waals surface area contributed by atoms with Gasteiger partial charge in [0.15, 0.2) is 0 Å². The first kappa shape index (κ1) is 6.71. The summed E-state index contributed by atoms with van der Waals surface area (Å²) in [6.07, 6.45) is 1.79. The molecule has 0 aliphatic rings. The lowest BCUT2D eigenvalue weighted by Gasteiger charge is -1.79. The van der Waals surface area contributed by atoms with Gasteiger partial charge in [-0.1, -0.05) is 22.0 Å². The number of allylic oxidation sites excluding steroid dienone is 2. The normalized spacial score (nSPS) is 10.7. The van der Waals surface area contributed by atoms with E-state index in [-0.39, 0.29) is 0 Å². The van der Waals surface area contributed by atoms with Crippen LogP contribution in [0, 0.1) is 11.3 Å².